The SMILES string of the molecule is CC(NC(=O)c1cccs1)C(=O)NC1CCC(c2ccccc2)CC1. The van der Waals surface area contributed by atoms with E-state index in [0.717, 1.165) is 25.7 Å². The summed E-state index contributed by atoms with van der Waals surface area (Å²) in [6.45, 7) is 1.73. The number of amides is 2. The summed E-state index contributed by atoms with van der Waals surface area (Å²) in [4.78, 5) is 25.0. The van der Waals surface area contributed by atoms with E-state index in [1.54, 1.807) is 13.0 Å². The van der Waals surface area contributed by atoms with Crippen LogP contribution in [0.2, 0.25) is 0 Å². The number of hydrogen-bond acceptors (Lipinski definition) is 3. The van der Waals surface area contributed by atoms with Gasteiger partial charge in [0.15, 0.2) is 0 Å². The molecule has 25 heavy (non-hydrogen) atoms. The van der Waals surface area contributed by atoms with E-state index in [-0.39, 0.29) is 17.9 Å². The van der Waals surface area contributed by atoms with Crippen molar-refractivity contribution in [3.05, 3.63) is 58.3 Å². The molecule has 1 heterocycles. The molecule has 4 nitrogen and oxygen atoms in total. The van der Waals surface area contributed by atoms with Crippen LogP contribution in [0.3, 0.4) is 0 Å². The Kier molecular flexibility index (Phi) is 5.87. The molecule has 5 heteroatoms. The smallest absolute Gasteiger partial charge is 0.261 e. The third kappa shape index (κ3) is 4.69. The van der Waals surface area contributed by atoms with Crippen LogP contribution in [-0.4, -0.2) is 23.9 Å². The molecule has 2 N–H and O–H groups in total. The van der Waals surface area contributed by atoms with Gasteiger partial charge in [0.25, 0.3) is 5.91 Å². The highest BCUT2D eigenvalue weighted by atomic mass is 32.1. The Bertz CT molecular complexity index is 692. The third-order valence-corrected chi connectivity index (χ3v) is 5.70. The van der Waals surface area contributed by atoms with Crippen molar-refractivity contribution in [3.63, 3.8) is 0 Å². The highest BCUT2D eigenvalue weighted by Crippen LogP contribution is 2.32. The van der Waals surface area contributed by atoms with Crippen LogP contribution in [0.1, 0.15) is 53.8 Å². The molecule has 0 spiro atoms. The van der Waals surface area contributed by atoms with Crippen molar-refractivity contribution in [2.24, 2.45) is 0 Å². The fraction of sp³-hybridized carbons (Fsp3) is 0.400. The van der Waals surface area contributed by atoms with Gasteiger partial charge >= 0.3 is 0 Å². The molecule has 1 aliphatic carbocycles. The van der Waals surface area contributed by atoms with E-state index in [1.165, 1.54) is 16.9 Å². The van der Waals surface area contributed by atoms with E-state index < -0.39 is 6.04 Å². The number of rotatable bonds is 5. The zero-order chi connectivity index (χ0) is 17.6. The van der Waals surface area contributed by atoms with Crippen molar-refractivity contribution in [2.75, 3.05) is 0 Å². The molecule has 0 aliphatic heterocycles. The summed E-state index contributed by atoms with van der Waals surface area (Å²) < 4.78 is 0. The van der Waals surface area contributed by atoms with Crippen molar-refractivity contribution in [1.82, 2.24) is 10.6 Å². The van der Waals surface area contributed by atoms with Crippen molar-refractivity contribution in [1.29, 1.82) is 0 Å². The normalized spacial score (nSPS) is 21.3. The minimum atomic E-state index is -0.526. The molecule has 0 bridgehead atoms. The van der Waals surface area contributed by atoms with Crippen LogP contribution in [0.25, 0.3) is 0 Å². The van der Waals surface area contributed by atoms with Crippen molar-refractivity contribution >= 4 is 23.2 Å². The summed E-state index contributed by atoms with van der Waals surface area (Å²) >= 11 is 1.37. The van der Waals surface area contributed by atoms with Gasteiger partial charge in [0, 0.05) is 6.04 Å². The standard InChI is InChI=1S/C20H24N2O2S/c1-14(21-20(24)18-8-5-13-25-18)19(23)22-17-11-9-16(10-12-17)15-6-3-2-4-7-15/h2-8,13-14,16-17H,9-12H2,1H3,(H,21,24)(H,22,23). The molecule has 2 aromatic rings. The summed E-state index contributed by atoms with van der Waals surface area (Å²) in [5.41, 5.74) is 1.39. The van der Waals surface area contributed by atoms with Gasteiger partial charge in [-0.05, 0) is 55.5 Å². The molecule has 0 saturated heterocycles. The molecule has 1 fully saturated rings. The molecule has 132 valence electrons. The predicted molar refractivity (Wildman–Crippen MR) is 101 cm³/mol. The lowest BCUT2D eigenvalue weighted by molar-refractivity contribution is -0.123. The minimum absolute atomic E-state index is 0.104. The largest absolute Gasteiger partial charge is 0.352 e. The number of hydrogen-bond donors (Lipinski definition) is 2. The van der Waals surface area contributed by atoms with Crippen LogP contribution < -0.4 is 10.6 Å². The van der Waals surface area contributed by atoms with Gasteiger partial charge in [-0.25, -0.2) is 0 Å². The summed E-state index contributed by atoms with van der Waals surface area (Å²) in [6.07, 6.45) is 4.14. The molecule has 1 aromatic heterocycles. The van der Waals surface area contributed by atoms with E-state index in [9.17, 15) is 9.59 Å². The first-order chi connectivity index (χ1) is 12.1. The van der Waals surface area contributed by atoms with Crippen molar-refractivity contribution < 1.29 is 9.59 Å². The number of benzene rings is 1. The predicted octanol–water partition coefficient (Wildman–Crippen LogP) is 3.71. The molecular weight excluding hydrogens is 332 g/mol. The highest BCUT2D eigenvalue weighted by molar-refractivity contribution is 7.12. The average Bonchev–Trinajstić information content (AvgIpc) is 3.18. The van der Waals surface area contributed by atoms with E-state index in [0.29, 0.717) is 10.8 Å². The number of carbonyl (C=O) groups is 2. The van der Waals surface area contributed by atoms with Gasteiger partial charge in [-0.2, -0.15) is 0 Å². The summed E-state index contributed by atoms with van der Waals surface area (Å²) in [6, 6.07) is 13.8. The van der Waals surface area contributed by atoms with Crippen molar-refractivity contribution in [2.45, 2.75) is 50.6 Å². The third-order valence-electron chi connectivity index (χ3n) is 4.83. The average molecular weight is 356 g/mol. The van der Waals surface area contributed by atoms with Gasteiger partial charge in [-0.1, -0.05) is 36.4 Å². The van der Waals surface area contributed by atoms with Gasteiger partial charge in [0.05, 0.1) is 4.88 Å². The lowest BCUT2D eigenvalue weighted by Gasteiger charge is -2.30. The Balaban J connectivity index is 1.45. The second-order valence-corrected chi connectivity index (χ2v) is 7.59. The molecule has 0 radical (unpaired) electrons. The van der Waals surface area contributed by atoms with Crippen LogP contribution >= 0.6 is 11.3 Å². The minimum Gasteiger partial charge on any atom is -0.352 e. The monoisotopic (exact) mass is 356 g/mol. The van der Waals surface area contributed by atoms with Crippen LogP contribution in [0.5, 0.6) is 0 Å². The zero-order valence-electron chi connectivity index (χ0n) is 14.4. The van der Waals surface area contributed by atoms with E-state index in [4.69, 9.17) is 0 Å². The molecule has 1 saturated carbocycles. The van der Waals surface area contributed by atoms with Crippen molar-refractivity contribution in [3.8, 4) is 0 Å². The Hall–Kier alpha value is -2.14. The molecule has 1 unspecified atom stereocenters. The molecule has 1 aliphatic rings. The second-order valence-electron chi connectivity index (χ2n) is 6.64. The van der Waals surface area contributed by atoms with Gasteiger partial charge < -0.3 is 10.6 Å². The van der Waals surface area contributed by atoms with Gasteiger partial charge in [0.2, 0.25) is 5.91 Å². The maximum absolute atomic E-state index is 12.3. The molecule has 3 rings (SSSR count). The Morgan fingerprint density at radius 3 is 2.40 bits per heavy atom. The number of thiophene rings is 1. The maximum atomic E-state index is 12.3. The first-order valence-corrected chi connectivity index (χ1v) is 9.71. The Morgan fingerprint density at radius 2 is 1.76 bits per heavy atom. The molecule has 1 atom stereocenters. The van der Waals surface area contributed by atoms with E-state index in [2.05, 4.69) is 34.9 Å². The summed E-state index contributed by atoms with van der Waals surface area (Å²) in [7, 11) is 0. The Labute approximate surface area is 152 Å². The molecular formula is C20H24N2O2S. The fourth-order valence-electron chi connectivity index (χ4n) is 3.36. The second kappa shape index (κ2) is 8.30. The zero-order valence-corrected chi connectivity index (χ0v) is 15.2. The van der Waals surface area contributed by atoms with Gasteiger partial charge in [-0.15, -0.1) is 11.3 Å². The van der Waals surface area contributed by atoms with Crippen LogP contribution in [0.4, 0.5) is 0 Å². The van der Waals surface area contributed by atoms with Crippen LogP contribution in [0.15, 0.2) is 47.8 Å². The highest BCUT2D eigenvalue weighted by Gasteiger charge is 2.25. The van der Waals surface area contributed by atoms with E-state index in [1.807, 2.05) is 17.5 Å². The summed E-state index contributed by atoms with van der Waals surface area (Å²) in [5, 5.41) is 7.71. The lowest BCUT2D eigenvalue weighted by atomic mass is 9.82. The Morgan fingerprint density at radius 1 is 1.04 bits per heavy atom. The quantitative estimate of drug-likeness (QED) is 0.858. The van der Waals surface area contributed by atoms with Crippen LogP contribution in [0, 0.1) is 0 Å². The first kappa shape index (κ1) is 17.7. The van der Waals surface area contributed by atoms with Crippen LogP contribution in [-0.2, 0) is 4.79 Å². The number of carbonyl (C=O) groups excluding carboxylic acids is 2. The van der Waals surface area contributed by atoms with E-state index >= 15 is 0 Å². The maximum Gasteiger partial charge on any atom is 0.261 e. The first-order valence-electron chi connectivity index (χ1n) is 8.83. The lowest BCUT2D eigenvalue weighted by Crippen LogP contribution is -2.48. The number of nitrogens with one attached hydrogen (secondary N) is 2. The molecule has 1 aromatic carbocycles. The van der Waals surface area contributed by atoms with Gasteiger partial charge in [0.1, 0.15) is 6.04 Å². The molecule has 2 amide bonds. The topological polar surface area (TPSA) is 58.2 Å². The fourth-order valence-corrected chi connectivity index (χ4v) is 3.99. The summed E-state index contributed by atoms with van der Waals surface area (Å²) in [5.74, 6) is 0.295. The van der Waals surface area contributed by atoms with Gasteiger partial charge in [-0.3, -0.25) is 9.59 Å².